The summed E-state index contributed by atoms with van der Waals surface area (Å²) in [5, 5.41) is 6.66. The highest BCUT2D eigenvalue weighted by molar-refractivity contribution is 7.99. The first-order valence-electron chi connectivity index (χ1n) is 7.42. The molecule has 2 amide bonds. The molecule has 0 spiro atoms. The second-order valence-electron chi connectivity index (χ2n) is 5.78. The molecule has 4 nitrogen and oxygen atoms in total. The van der Waals surface area contributed by atoms with Gasteiger partial charge in [0, 0.05) is 22.5 Å². The lowest BCUT2D eigenvalue weighted by atomic mass is 9.94. The highest BCUT2D eigenvalue weighted by Crippen LogP contribution is 2.27. The summed E-state index contributed by atoms with van der Waals surface area (Å²) in [5.74, 6) is -0.0253. The number of carbonyl (C=O) groups excluding carboxylic acids is 2. The summed E-state index contributed by atoms with van der Waals surface area (Å²) < 4.78 is 0. The van der Waals surface area contributed by atoms with Crippen LogP contribution in [0.5, 0.6) is 0 Å². The van der Waals surface area contributed by atoms with Crippen LogP contribution in [-0.2, 0) is 11.2 Å². The first kappa shape index (κ1) is 14.4. The molecule has 112 valence electrons. The van der Waals surface area contributed by atoms with Gasteiger partial charge in [-0.05, 0) is 55.7 Å². The Balaban J connectivity index is 1.61. The molecular weight excluding hydrogens is 284 g/mol. The maximum absolute atomic E-state index is 12.3. The van der Waals surface area contributed by atoms with Gasteiger partial charge < -0.3 is 10.6 Å². The molecule has 21 heavy (non-hydrogen) atoms. The molecule has 0 saturated heterocycles. The molecule has 0 radical (unpaired) electrons. The van der Waals surface area contributed by atoms with Gasteiger partial charge >= 0.3 is 0 Å². The van der Waals surface area contributed by atoms with Crippen molar-refractivity contribution in [2.24, 2.45) is 0 Å². The fourth-order valence-corrected chi connectivity index (χ4v) is 3.83. The van der Waals surface area contributed by atoms with Crippen LogP contribution in [0.4, 0.5) is 5.69 Å². The Morgan fingerprint density at radius 3 is 2.76 bits per heavy atom. The van der Waals surface area contributed by atoms with Crippen LogP contribution in [0.25, 0.3) is 0 Å². The number of nitrogens with one attached hydrogen (secondary N) is 2. The summed E-state index contributed by atoms with van der Waals surface area (Å²) >= 11 is 1.93. The lowest BCUT2D eigenvalue weighted by Gasteiger charge is -2.28. The monoisotopic (exact) mass is 304 g/mol. The van der Waals surface area contributed by atoms with E-state index in [1.54, 1.807) is 6.07 Å². The third-order valence-corrected chi connectivity index (χ3v) is 5.47. The standard InChI is InChI=1S/C16H20N2O2S/c1-21-13-5-3-12(4-6-13)17-16(20)10-2-7-14-11(8-10)9-15(19)18-14/h2,7-8,12-13H,3-6,9H2,1H3,(H,17,20)(H,18,19). The van der Waals surface area contributed by atoms with E-state index < -0.39 is 0 Å². The molecule has 0 unspecified atom stereocenters. The summed E-state index contributed by atoms with van der Waals surface area (Å²) in [4.78, 5) is 23.7. The van der Waals surface area contributed by atoms with E-state index in [1.807, 2.05) is 23.9 Å². The van der Waals surface area contributed by atoms with Gasteiger partial charge in [-0.1, -0.05) is 0 Å². The smallest absolute Gasteiger partial charge is 0.251 e. The van der Waals surface area contributed by atoms with Crippen LogP contribution in [0.15, 0.2) is 18.2 Å². The predicted octanol–water partition coefficient (Wildman–Crippen LogP) is 2.59. The Labute approximate surface area is 129 Å². The quantitative estimate of drug-likeness (QED) is 0.902. The molecular formula is C16H20N2O2S. The Kier molecular flexibility index (Phi) is 4.19. The predicted molar refractivity (Wildman–Crippen MR) is 85.8 cm³/mol. The molecule has 3 rings (SSSR count). The molecule has 1 aliphatic heterocycles. The zero-order valence-electron chi connectivity index (χ0n) is 12.1. The highest BCUT2D eigenvalue weighted by atomic mass is 32.2. The van der Waals surface area contributed by atoms with Gasteiger partial charge in [-0.2, -0.15) is 11.8 Å². The van der Waals surface area contributed by atoms with Crippen molar-refractivity contribution >= 4 is 29.3 Å². The van der Waals surface area contributed by atoms with Crippen molar-refractivity contribution < 1.29 is 9.59 Å². The third-order valence-electron chi connectivity index (χ3n) is 4.34. The molecule has 1 saturated carbocycles. The summed E-state index contributed by atoms with van der Waals surface area (Å²) in [6.07, 6.45) is 6.99. The summed E-state index contributed by atoms with van der Waals surface area (Å²) in [5.41, 5.74) is 2.40. The van der Waals surface area contributed by atoms with Gasteiger partial charge in [0.05, 0.1) is 6.42 Å². The molecule has 0 atom stereocenters. The van der Waals surface area contributed by atoms with Crippen LogP contribution in [0.2, 0.25) is 0 Å². The van der Waals surface area contributed by atoms with E-state index >= 15 is 0 Å². The van der Waals surface area contributed by atoms with Crippen LogP contribution in [0.3, 0.4) is 0 Å². The molecule has 1 fully saturated rings. The minimum Gasteiger partial charge on any atom is -0.349 e. The van der Waals surface area contributed by atoms with Crippen molar-refractivity contribution in [3.63, 3.8) is 0 Å². The molecule has 1 heterocycles. The van der Waals surface area contributed by atoms with Gasteiger partial charge in [0.2, 0.25) is 5.91 Å². The fraction of sp³-hybridized carbons (Fsp3) is 0.500. The van der Waals surface area contributed by atoms with Crippen LogP contribution >= 0.6 is 11.8 Å². The number of thioether (sulfide) groups is 1. The van der Waals surface area contributed by atoms with E-state index in [2.05, 4.69) is 16.9 Å². The topological polar surface area (TPSA) is 58.2 Å². The number of rotatable bonds is 3. The molecule has 0 aromatic heterocycles. The third kappa shape index (κ3) is 3.23. The van der Waals surface area contributed by atoms with Crippen molar-refractivity contribution in [3.8, 4) is 0 Å². The van der Waals surface area contributed by atoms with Gasteiger partial charge in [0.1, 0.15) is 0 Å². The zero-order chi connectivity index (χ0) is 14.8. The normalized spacial score (nSPS) is 24.3. The Hall–Kier alpha value is -1.49. The van der Waals surface area contributed by atoms with Crippen molar-refractivity contribution in [1.82, 2.24) is 5.32 Å². The minimum atomic E-state index is -0.0234. The fourth-order valence-electron chi connectivity index (χ4n) is 3.08. The summed E-state index contributed by atoms with van der Waals surface area (Å²) in [6, 6.07) is 5.72. The largest absolute Gasteiger partial charge is 0.349 e. The first-order chi connectivity index (χ1) is 10.2. The van der Waals surface area contributed by atoms with Crippen LogP contribution < -0.4 is 10.6 Å². The molecule has 1 aliphatic carbocycles. The number of benzene rings is 1. The molecule has 1 aromatic rings. The second kappa shape index (κ2) is 6.10. The van der Waals surface area contributed by atoms with Crippen LogP contribution in [0.1, 0.15) is 41.6 Å². The number of carbonyl (C=O) groups is 2. The van der Waals surface area contributed by atoms with Gasteiger partial charge in [0.15, 0.2) is 0 Å². The maximum atomic E-state index is 12.3. The molecule has 5 heteroatoms. The van der Waals surface area contributed by atoms with Gasteiger partial charge in [-0.3, -0.25) is 9.59 Å². The Morgan fingerprint density at radius 1 is 1.29 bits per heavy atom. The minimum absolute atomic E-state index is 0.00190. The lowest BCUT2D eigenvalue weighted by molar-refractivity contribution is -0.115. The van der Waals surface area contributed by atoms with Crippen LogP contribution in [0, 0.1) is 0 Å². The van der Waals surface area contributed by atoms with Crippen molar-refractivity contribution in [1.29, 1.82) is 0 Å². The van der Waals surface area contributed by atoms with Crippen molar-refractivity contribution in [2.45, 2.75) is 43.4 Å². The average molecular weight is 304 g/mol. The highest BCUT2D eigenvalue weighted by Gasteiger charge is 2.23. The number of amides is 2. The van der Waals surface area contributed by atoms with E-state index in [0.717, 1.165) is 29.3 Å². The summed E-state index contributed by atoms with van der Waals surface area (Å²) in [6.45, 7) is 0. The van der Waals surface area contributed by atoms with Gasteiger partial charge in [0.25, 0.3) is 5.91 Å². The van der Waals surface area contributed by atoms with E-state index in [9.17, 15) is 9.59 Å². The Morgan fingerprint density at radius 2 is 2.05 bits per heavy atom. The second-order valence-corrected chi connectivity index (χ2v) is 6.92. The maximum Gasteiger partial charge on any atom is 0.251 e. The SMILES string of the molecule is CSC1CCC(NC(=O)c2ccc3c(c2)CC(=O)N3)CC1. The Bertz CT molecular complexity index is 565. The van der Waals surface area contributed by atoms with Crippen molar-refractivity contribution in [2.75, 3.05) is 11.6 Å². The van der Waals surface area contributed by atoms with E-state index in [4.69, 9.17) is 0 Å². The number of anilines is 1. The van der Waals surface area contributed by atoms with Crippen molar-refractivity contribution in [3.05, 3.63) is 29.3 Å². The molecule has 0 bridgehead atoms. The van der Waals surface area contributed by atoms with E-state index in [-0.39, 0.29) is 17.9 Å². The van der Waals surface area contributed by atoms with E-state index in [1.165, 1.54) is 12.8 Å². The number of hydrogen-bond donors (Lipinski definition) is 2. The average Bonchev–Trinajstić information content (AvgIpc) is 2.87. The molecule has 2 N–H and O–H groups in total. The summed E-state index contributed by atoms with van der Waals surface area (Å²) in [7, 11) is 0. The first-order valence-corrected chi connectivity index (χ1v) is 8.71. The van der Waals surface area contributed by atoms with Crippen LogP contribution in [-0.4, -0.2) is 29.4 Å². The molecule has 2 aliphatic rings. The molecule has 1 aromatic carbocycles. The van der Waals surface area contributed by atoms with Gasteiger partial charge in [-0.25, -0.2) is 0 Å². The van der Waals surface area contributed by atoms with E-state index in [0.29, 0.717) is 12.0 Å². The lowest BCUT2D eigenvalue weighted by Crippen LogP contribution is -2.38. The van der Waals surface area contributed by atoms with Gasteiger partial charge in [-0.15, -0.1) is 0 Å². The zero-order valence-corrected chi connectivity index (χ0v) is 13.0. The number of fused-ring (bicyclic) bond motifs is 1. The number of hydrogen-bond acceptors (Lipinski definition) is 3.